The van der Waals surface area contributed by atoms with Crippen molar-refractivity contribution < 1.29 is 18.7 Å². The van der Waals surface area contributed by atoms with Crippen molar-refractivity contribution in [1.82, 2.24) is 14.6 Å². The maximum Gasteiger partial charge on any atom is 0.258 e. The molecule has 2 aromatic carbocycles. The first-order chi connectivity index (χ1) is 14.6. The van der Waals surface area contributed by atoms with E-state index in [1.54, 1.807) is 10.6 Å². The highest BCUT2D eigenvalue weighted by Gasteiger charge is 2.16. The first-order valence-corrected chi connectivity index (χ1v) is 9.33. The van der Waals surface area contributed by atoms with E-state index in [1.165, 1.54) is 31.4 Å². The summed E-state index contributed by atoms with van der Waals surface area (Å²) in [5.41, 5.74) is 2.37. The van der Waals surface area contributed by atoms with Crippen LogP contribution in [0.25, 0.3) is 16.9 Å². The van der Waals surface area contributed by atoms with Crippen molar-refractivity contribution in [3.05, 3.63) is 72.0 Å². The van der Waals surface area contributed by atoms with E-state index in [1.807, 2.05) is 37.3 Å². The smallest absolute Gasteiger partial charge is 0.258 e. The standard InChI is InChI=1S/C22H19FN4O3/c1-3-30-17-6-4-5-15(13-17)18-11-12-19(29-2)20-24-22(26-27(18)20)25-21(28)14-7-9-16(23)10-8-14/h4-13H,3H2,1-2H3,(H,25,26,28). The van der Waals surface area contributed by atoms with E-state index in [0.717, 1.165) is 17.0 Å². The van der Waals surface area contributed by atoms with Gasteiger partial charge >= 0.3 is 0 Å². The van der Waals surface area contributed by atoms with E-state index in [9.17, 15) is 9.18 Å². The molecule has 0 aliphatic rings. The van der Waals surface area contributed by atoms with Crippen molar-refractivity contribution >= 4 is 17.5 Å². The molecule has 4 aromatic rings. The Bertz CT molecular complexity index is 1200. The number of ether oxygens (including phenoxy) is 2. The van der Waals surface area contributed by atoms with Gasteiger partial charge in [0.2, 0.25) is 5.95 Å². The Morgan fingerprint density at radius 3 is 2.67 bits per heavy atom. The van der Waals surface area contributed by atoms with Crippen LogP contribution in [0.4, 0.5) is 10.3 Å². The average molecular weight is 406 g/mol. The molecule has 0 aliphatic heterocycles. The van der Waals surface area contributed by atoms with Crippen LogP contribution in [0.15, 0.2) is 60.7 Å². The normalized spacial score (nSPS) is 10.8. The third-order valence-corrected chi connectivity index (χ3v) is 4.44. The minimum atomic E-state index is -0.440. The van der Waals surface area contributed by atoms with Gasteiger partial charge in [-0.2, -0.15) is 4.98 Å². The Kier molecular flexibility index (Phi) is 5.30. The van der Waals surface area contributed by atoms with Gasteiger partial charge < -0.3 is 9.47 Å². The summed E-state index contributed by atoms with van der Waals surface area (Å²) >= 11 is 0. The van der Waals surface area contributed by atoms with E-state index in [-0.39, 0.29) is 5.95 Å². The number of amides is 1. The van der Waals surface area contributed by atoms with Crippen molar-refractivity contribution in [2.24, 2.45) is 0 Å². The Hall–Kier alpha value is -3.94. The molecule has 152 valence electrons. The molecule has 1 amide bonds. The van der Waals surface area contributed by atoms with E-state index in [4.69, 9.17) is 9.47 Å². The van der Waals surface area contributed by atoms with Gasteiger partial charge in [-0.05, 0) is 55.5 Å². The monoisotopic (exact) mass is 406 g/mol. The lowest BCUT2D eigenvalue weighted by Gasteiger charge is -2.09. The lowest BCUT2D eigenvalue weighted by molar-refractivity contribution is 0.102. The van der Waals surface area contributed by atoms with Crippen molar-refractivity contribution in [1.29, 1.82) is 0 Å². The number of benzene rings is 2. The van der Waals surface area contributed by atoms with Gasteiger partial charge in [0.25, 0.3) is 5.91 Å². The third-order valence-electron chi connectivity index (χ3n) is 4.44. The van der Waals surface area contributed by atoms with Crippen LogP contribution in [0.3, 0.4) is 0 Å². The molecule has 7 nitrogen and oxygen atoms in total. The summed E-state index contributed by atoms with van der Waals surface area (Å²) in [6, 6.07) is 16.5. The molecule has 0 saturated carbocycles. The Balaban J connectivity index is 1.73. The summed E-state index contributed by atoms with van der Waals surface area (Å²) in [6.07, 6.45) is 0. The highest BCUT2D eigenvalue weighted by molar-refractivity contribution is 6.03. The van der Waals surface area contributed by atoms with E-state index < -0.39 is 11.7 Å². The molecule has 0 radical (unpaired) electrons. The molecule has 8 heteroatoms. The molecule has 0 fully saturated rings. The Labute approximate surface area is 172 Å². The number of aromatic nitrogens is 3. The molecule has 0 spiro atoms. The number of fused-ring (bicyclic) bond motifs is 1. The van der Waals surface area contributed by atoms with E-state index >= 15 is 0 Å². The highest BCUT2D eigenvalue weighted by atomic mass is 19.1. The van der Waals surface area contributed by atoms with Crippen molar-refractivity contribution in [2.75, 3.05) is 19.0 Å². The van der Waals surface area contributed by atoms with Crippen LogP contribution >= 0.6 is 0 Å². The number of nitrogens with one attached hydrogen (secondary N) is 1. The van der Waals surface area contributed by atoms with Gasteiger partial charge in [-0.25, -0.2) is 8.91 Å². The van der Waals surface area contributed by atoms with Gasteiger partial charge in [0.1, 0.15) is 11.6 Å². The zero-order chi connectivity index (χ0) is 21.1. The highest BCUT2D eigenvalue weighted by Crippen LogP contribution is 2.29. The van der Waals surface area contributed by atoms with Gasteiger partial charge in [-0.15, -0.1) is 5.10 Å². The van der Waals surface area contributed by atoms with Crippen LogP contribution in [-0.4, -0.2) is 34.2 Å². The molecular formula is C22H19FN4O3. The van der Waals surface area contributed by atoms with Crippen LogP contribution in [-0.2, 0) is 0 Å². The molecule has 0 atom stereocenters. The second-order valence-corrected chi connectivity index (χ2v) is 6.38. The number of anilines is 1. The zero-order valence-corrected chi connectivity index (χ0v) is 16.4. The number of hydrogen-bond donors (Lipinski definition) is 1. The molecule has 2 aromatic heterocycles. The molecule has 4 rings (SSSR count). The van der Waals surface area contributed by atoms with Crippen molar-refractivity contribution in [3.8, 4) is 22.8 Å². The summed E-state index contributed by atoms with van der Waals surface area (Å²) in [5.74, 6) is 0.500. The fourth-order valence-electron chi connectivity index (χ4n) is 3.06. The predicted octanol–water partition coefficient (Wildman–Crippen LogP) is 4.20. The van der Waals surface area contributed by atoms with E-state index in [0.29, 0.717) is 23.6 Å². The number of halogens is 1. The third kappa shape index (κ3) is 3.80. The minimum Gasteiger partial charge on any atom is -0.494 e. The number of hydrogen-bond acceptors (Lipinski definition) is 5. The summed E-state index contributed by atoms with van der Waals surface area (Å²) < 4.78 is 25.7. The Morgan fingerprint density at radius 1 is 1.13 bits per heavy atom. The van der Waals surface area contributed by atoms with Gasteiger partial charge in [-0.1, -0.05) is 12.1 Å². The van der Waals surface area contributed by atoms with Crippen LogP contribution < -0.4 is 14.8 Å². The lowest BCUT2D eigenvalue weighted by Crippen LogP contribution is -2.13. The molecular weight excluding hydrogens is 387 g/mol. The van der Waals surface area contributed by atoms with Crippen LogP contribution in [0.1, 0.15) is 17.3 Å². The molecule has 0 unspecified atom stereocenters. The quantitative estimate of drug-likeness (QED) is 0.519. The zero-order valence-electron chi connectivity index (χ0n) is 16.4. The largest absolute Gasteiger partial charge is 0.494 e. The summed E-state index contributed by atoms with van der Waals surface area (Å²) in [5, 5.41) is 7.08. The average Bonchev–Trinajstić information content (AvgIpc) is 3.17. The van der Waals surface area contributed by atoms with E-state index in [2.05, 4.69) is 15.4 Å². The number of carbonyl (C=O) groups is 1. The molecule has 0 saturated heterocycles. The topological polar surface area (TPSA) is 77.8 Å². The van der Waals surface area contributed by atoms with Crippen LogP contribution in [0.5, 0.6) is 11.5 Å². The molecule has 30 heavy (non-hydrogen) atoms. The minimum absolute atomic E-state index is 0.107. The molecule has 2 heterocycles. The molecule has 1 N–H and O–H groups in total. The van der Waals surface area contributed by atoms with Gasteiger partial charge in [0.05, 0.1) is 19.4 Å². The maximum atomic E-state index is 13.1. The lowest BCUT2D eigenvalue weighted by atomic mass is 10.1. The fourth-order valence-corrected chi connectivity index (χ4v) is 3.06. The second kappa shape index (κ2) is 8.20. The maximum absolute atomic E-state index is 13.1. The first-order valence-electron chi connectivity index (χ1n) is 9.33. The Morgan fingerprint density at radius 2 is 1.93 bits per heavy atom. The van der Waals surface area contributed by atoms with Crippen LogP contribution in [0.2, 0.25) is 0 Å². The molecule has 0 aliphatic carbocycles. The molecule has 0 bridgehead atoms. The van der Waals surface area contributed by atoms with Gasteiger partial charge in [-0.3, -0.25) is 10.1 Å². The summed E-state index contributed by atoms with van der Waals surface area (Å²) in [6.45, 7) is 2.48. The second-order valence-electron chi connectivity index (χ2n) is 6.38. The first kappa shape index (κ1) is 19.4. The fraction of sp³-hybridized carbons (Fsp3) is 0.136. The van der Waals surface area contributed by atoms with Crippen molar-refractivity contribution in [2.45, 2.75) is 6.92 Å². The number of carbonyl (C=O) groups excluding carboxylic acids is 1. The number of nitrogens with zero attached hydrogens (tertiary/aromatic N) is 3. The van der Waals surface area contributed by atoms with Gasteiger partial charge in [0, 0.05) is 11.1 Å². The number of pyridine rings is 1. The number of methoxy groups -OCH3 is 1. The van der Waals surface area contributed by atoms with Crippen molar-refractivity contribution in [3.63, 3.8) is 0 Å². The van der Waals surface area contributed by atoms with Gasteiger partial charge in [0.15, 0.2) is 11.4 Å². The van der Waals surface area contributed by atoms with Crippen LogP contribution in [0, 0.1) is 5.82 Å². The predicted molar refractivity (Wildman–Crippen MR) is 110 cm³/mol. The summed E-state index contributed by atoms with van der Waals surface area (Å²) in [4.78, 5) is 16.9. The SMILES string of the molecule is CCOc1cccc(-c2ccc(OC)c3nc(NC(=O)c4ccc(F)cc4)nn23)c1. The summed E-state index contributed by atoms with van der Waals surface area (Å²) in [7, 11) is 1.54. The number of rotatable bonds is 6.